The number of hydrogen-bond donors (Lipinski definition) is 1. The number of methoxy groups -OCH3 is 1. The molecule has 0 radical (unpaired) electrons. The van der Waals surface area contributed by atoms with Crippen molar-refractivity contribution < 1.29 is 19.1 Å². The Hall–Kier alpha value is -2.41. The molecule has 0 fully saturated rings. The van der Waals surface area contributed by atoms with Gasteiger partial charge >= 0.3 is 5.97 Å². The summed E-state index contributed by atoms with van der Waals surface area (Å²) in [6.07, 6.45) is 0. The van der Waals surface area contributed by atoms with Crippen LogP contribution >= 0.6 is 11.3 Å². The molecule has 0 aliphatic heterocycles. The van der Waals surface area contributed by atoms with Gasteiger partial charge in [0.05, 0.1) is 7.11 Å². The molecule has 104 valence electrons. The number of amides is 1. The van der Waals surface area contributed by atoms with E-state index in [1.807, 2.05) is 24.3 Å². The van der Waals surface area contributed by atoms with Gasteiger partial charge in [-0.3, -0.25) is 4.79 Å². The van der Waals surface area contributed by atoms with E-state index in [1.165, 1.54) is 11.3 Å². The first-order valence-electron chi connectivity index (χ1n) is 5.65. The zero-order valence-electron chi connectivity index (χ0n) is 10.7. The Morgan fingerprint density at radius 1 is 1.30 bits per heavy atom. The molecule has 0 spiro atoms. The van der Waals surface area contributed by atoms with Crippen LogP contribution in [0.25, 0.3) is 10.6 Å². The average Bonchev–Trinajstić information content (AvgIpc) is 2.94. The van der Waals surface area contributed by atoms with Crippen molar-refractivity contribution in [3.8, 4) is 16.3 Å². The van der Waals surface area contributed by atoms with Gasteiger partial charge in [0.25, 0.3) is 5.91 Å². The number of nitrogens with zero attached hydrogens (tertiary/aromatic N) is 1. The van der Waals surface area contributed by atoms with Crippen molar-refractivity contribution >= 4 is 23.2 Å². The number of carbonyl (C=O) groups is 2. The number of aromatic nitrogens is 1. The van der Waals surface area contributed by atoms with Crippen molar-refractivity contribution in [1.82, 2.24) is 4.98 Å². The van der Waals surface area contributed by atoms with E-state index in [1.54, 1.807) is 12.5 Å². The van der Waals surface area contributed by atoms with Gasteiger partial charge in [-0.15, -0.1) is 11.3 Å². The van der Waals surface area contributed by atoms with E-state index in [9.17, 15) is 9.59 Å². The van der Waals surface area contributed by atoms with E-state index >= 15 is 0 Å². The SMILES string of the molecule is COc1ccc(-c2nc(C(=O)OCC(N)=O)cs2)cc1. The molecule has 0 saturated carbocycles. The molecular formula is C13H12N2O4S. The summed E-state index contributed by atoms with van der Waals surface area (Å²) in [7, 11) is 1.59. The summed E-state index contributed by atoms with van der Waals surface area (Å²) in [6, 6.07) is 7.30. The zero-order valence-corrected chi connectivity index (χ0v) is 11.5. The third-order valence-corrected chi connectivity index (χ3v) is 3.29. The number of hydrogen-bond acceptors (Lipinski definition) is 6. The van der Waals surface area contributed by atoms with Crippen molar-refractivity contribution in [2.45, 2.75) is 0 Å². The van der Waals surface area contributed by atoms with Crippen LogP contribution in [0.1, 0.15) is 10.5 Å². The van der Waals surface area contributed by atoms with Gasteiger partial charge < -0.3 is 15.2 Å². The normalized spacial score (nSPS) is 10.1. The smallest absolute Gasteiger partial charge is 0.358 e. The van der Waals surface area contributed by atoms with E-state index in [0.29, 0.717) is 5.01 Å². The number of rotatable bonds is 5. The van der Waals surface area contributed by atoms with Gasteiger partial charge in [0.15, 0.2) is 12.3 Å². The number of carbonyl (C=O) groups excluding carboxylic acids is 2. The lowest BCUT2D eigenvalue weighted by Crippen LogP contribution is -2.21. The molecule has 0 atom stereocenters. The van der Waals surface area contributed by atoms with Gasteiger partial charge in [-0.25, -0.2) is 9.78 Å². The first kappa shape index (κ1) is 14.0. The Bertz CT molecular complexity index is 622. The second kappa shape index (κ2) is 6.16. The Kier molecular flexibility index (Phi) is 4.31. The average molecular weight is 292 g/mol. The Morgan fingerprint density at radius 2 is 2.00 bits per heavy atom. The van der Waals surface area contributed by atoms with Crippen molar-refractivity contribution in [3.63, 3.8) is 0 Å². The van der Waals surface area contributed by atoms with E-state index < -0.39 is 18.5 Å². The maximum atomic E-state index is 11.6. The van der Waals surface area contributed by atoms with Crippen LogP contribution in [0.3, 0.4) is 0 Å². The second-order valence-corrected chi connectivity index (χ2v) is 4.67. The molecule has 0 aliphatic carbocycles. The minimum Gasteiger partial charge on any atom is -0.497 e. The van der Waals surface area contributed by atoms with Crippen LogP contribution in [-0.4, -0.2) is 30.6 Å². The largest absolute Gasteiger partial charge is 0.497 e. The summed E-state index contributed by atoms with van der Waals surface area (Å²) in [5, 5.41) is 2.25. The lowest BCUT2D eigenvalue weighted by Gasteiger charge is -2.00. The predicted molar refractivity (Wildman–Crippen MR) is 73.6 cm³/mol. The minimum atomic E-state index is -0.705. The van der Waals surface area contributed by atoms with E-state index in [-0.39, 0.29) is 5.69 Å². The maximum absolute atomic E-state index is 11.6. The second-order valence-electron chi connectivity index (χ2n) is 3.81. The fourth-order valence-electron chi connectivity index (χ4n) is 1.44. The van der Waals surface area contributed by atoms with Crippen LogP contribution < -0.4 is 10.5 Å². The van der Waals surface area contributed by atoms with Crippen LogP contribution in [0, 0.1) is 0 Å². The quantitative estimate of drug-likeness (QED) is 0.842. The third kappa shape index (κ3) is 3.33. The first-order valence-corrected chi connectivity index (χ1v) is 6.53. The van der Waals surface area contributed by atoms with Crippen LogP contribution in [0.15, 0.2) is 29.6 Å². The molecule has 1 aromatic heterocycles. The molecule has 2 aromatic rings. The van der Waals surface area contributed by atoms with Gasteiger partial charge in [-0.05, 0) is 24.3 Å². The Labute approximate surface area is 119 Å². The third-order valence-electron chi connectivity index (χ3n) is 2.40. The van der Waals surface area contributed by atoms with Crippen LogP contribution in [0.5, 0.6) is 5.75 Å². The number of benzene rings is 1. The monoisotopic (exact) mass is 292 g/mol. The van der Waals surface area contributed by atoms with E-state index in [2.05, 4.69) is 9.72 Å². The molecule has 0 bridgehead atoms. The van der Waals surface area contributed by atoms with Gasteiger partial charge in [0, 0.05) is 10.9 Å². The molecule has 1 amide bonds. The summed E-state index contributed by atoms with van der Waals surface area (Å²) in [4.78, 5) is 26.3. The van der Waals surface area contributed by atoms with Crippen LogP contribution in [0.2, 0.25) is 0 Å². The summed E-state index contributed by atoms with van der Waals surface area (Å²) < 4.78 is 9.75. The van der Waals surface area contributed by atoms with Crippen LogP contribution in [0.4, 0.5) is 0 Å². The highest BCUT2D eigenvalue weighted by molar-refractivity contribution is 7.13. The van der Waals surface area contributed by atoms with Crippen molar-refractivity contribution in [3.05, 3.63) is 35.3 Å². The summed E-state index contributed by atoms with van der Waals surface area (Å²) in [5.41, 5.74) is 5.92. The number of primary amides is 1. The highest BCUT2D eigenvalue weighted by Crippen LogP contribution is 2.25. The lowest BCUT2D eigenvalue weighted by atomic mass is 10.2. The standard InChI is InChI=1S/C13H12N2O4S/c1-18-9-4-2-8(3-5-9)12-15-10(7-20-12)13(17)19-6-11(14)16/h2-5,7H,6H2,1H3,(H2,14,16). The van der Waals surface area contributed by atoms with Crippen molar-refractivity contribution in [2.75, 3.05) is 13.7 Å². The fraction of sp³-hybridized carbons (Fsp3) is 0.154. The molecule has 6 nitrogen and oxygen atoms in total. The van der Waals surface area contributed by atoms with E-state index in [0.717, 1.165) is 11.3 Å². The molecule has 0 aliphatic rings. The highest BCUT2D eigenvalue weighted by atomic mass is 32.1. The Morgan fingerprint density at radius 3 is 2.60 bits per heavy atom. The lowest BCUT2D eigenvalue weighted by molar-refractivity contribution is -0.121. The molecule has 1 heterocycles. The molecule has 1 aromatic carbocycles. The molecule has 2 N–H and O–H groups in total. The first-order chi connectivity index (χ1) is 9.60. The summed E-state index contributed by atoms with van der Waals surface area (Å²) >= 11 is 1.31. The van der Waals surface area contributed by atoms with Gasteiger partial charge in [0.1, 0.15) is 10.8 Å². The van der Waals surface area contributed by atoms with Crippen molar-refractivity contribution in [1.29, 1.82) is 0 Å². The number of esters is 1. The molecule has 0 unspecified atom stereocenters. The Balaban J connectivity index is 2.11. The fourth-order valence-corrected chi connectivity index (χ4v) is 2.24. The topological polar surface area (TPSA) is 91.5 Å². The highest BCUT2D eigenvalue weighted by Gasteiger charge is 2.14. The van der Waals surface area contributed by atoms with Gasteiger partial charge in [-0.2, -0.15) is 0 Å². The summed E-state index contributed by atoms with van der Waals surface area (Å²) in [5.74, 6) is -0.629. The molecule has 20 heavy (non-hydrogen) atoms. The predicted octanol–water partition coefficient (Wildman–Crippen LogP) is 1.46. The van der Waals surface area contributed by atoms with Gasteiger partial charge in [-0.1, -0.05) is 0 Å². The molecule has 2 rings (SSSR count). The maximum Gasteiger partial charge on any atom is 0.358 e. The van der Waals surface area contributed by atoms with E-state index in [4.69, 9.17) is 10.5 Å². The number of nitrogens with two attached hydrogens (primary N) is 1. The summed E-state index contributed by atoms with van der Waals surface area (Å²) in [6.45, 7) is -0.450. The zero-order chi connectivity index (χ0) is 14.5. The number of ether oxygens (including phenoxy) is 2. The number of thiazole rings is 1. The molecular weight excluding hydrogens is 280 g/mol. The van der Waals surface area contributed by atoms with Gasteiger partial charge in [0.2, 0.25) is 0 Å². The molecule has 7 heteroatoms. The van der Waals surface area contributed by atoms with Crippen molar-refractivity contribution in [2.24, 2.45) is 5.73 Å². The minimum absolute atomic E-state index is 0.155. The molecule has 0 saturated heterocycles. The van der Waals surface area contributed by atoms with Crippen LogP contribution in [-0.2, 0) is 9.53 Å².